The number of nitrogens with one attached hydrogen (secondary N) is 2. The molecule has 27 heavy (non-hydrogen) atoms. The van der Waals surface area contributed by atoms with Crippen LogP contribution >= 0.6 is 0 Å². The molecule has 0 aromatic heterocycles. The van der Waals surface area contributed by atoms with Crippen LogP contribution in [0.5, 0.6) is 0 Å². The highest BCUT2D eigenvalue weighted by molar-refractivity contribution is 5.79. The molecule has 0 aliphatic carbocycles. The Balaban J connectivity index is 1.39. The average molecular weight is 372 g/mol. The highest BCUT2D eigenvalue weighted by atomic mass is 15.2. The fraction of sp³-hybridized carbons (Fsp3) is 0.682. The van der Waals surface area contributed by atoms with Gasteiger partial charge in [-0.2, -0.15) is 0 Å². The van der Waals surface area contributed by atoms with Gasteiger partial charge in [0.15, 0.2) is 5.96 Å². The molecule has 1 aromatic rings. The number of likely N-dealkylation sites (tertiary alicyclic amines) is 2. The molecule has 2 saturated heterocycles. The maximum atomic E-state index is 4.44. The molecule has 1 aromatic carbocycles. The summed E-state index contributed by atoms with van der Waals surface area (Å²) in [4.78, 5) is 9.63. The van der Waals surface area contributed by atoms with Crippen molar-refractivity contribution < 1.29 is 0 Å². The number of benzene rings is 1. The van der Waals surface area contributed by atoms with E-state index in [4.69, 9.17) is 0 Å². The second-order valence-electron chi connectivity index (χ2n) is 8.04. The molecule has 5 heteroatoms. The summed E-state index contributed by atoms with van der Waals surface area (Å²) in [7, 11) is 1.88. The van der Waals surface area contributed by atoms with Gasteiger partial charge in [0.05, 0.1) is 0 Å². The van der Waals surface area contributed by atoms with Gasteiger partial charge in [-0.05, 0) is 56.8 Å². The quantitative estimate of drug-likeness (QED) is 0.544. The predicted octanol–water partition coefficient (Wildman–Crippen LogP) is 2.55. The maximum Gasteiger partial charge on any atom is 0.191 e. The SMILES string of the molecule is CCCN1CCC(CNC(=NC)NCC2CCCN2Cc2ccccc2)C1. The summed E-state index contributed by atoms with van der Waals surface area (Å²) in [6, 6.07) is 11.4. The summed E-state index contributed by atoms with van der Waals surface area (Å²) in [6.45, 7) is 10.2. The van der Waals surface area contributed by atoms with Crippen molar-refractivity contribution in [3.05, 3.63) is 35.9 Å². The van der Waals surface area contributed by atoms with E-state index in [1.165, 1.54) is 57.4 Å². The van der Waals surface area contributed by atoms with E-state index < -0.39 is 0 Å². The third kappa shape index (κ3) is 6.22. The van der Waals surface area contributed by atoms with Crippen LogP contribution in [0.2, 0.25) is 0 Å². The molecule has 0 radical (unpaired) electrons. The van der Waals surface area contributed by atoms with Crippen LogP contribution in [0.15, 0.2) is 35.3 Å². The van der Waals surface area contributed by atoms with Gasteiger partial charge in [-0.25, -0.2) is 0 Å². The van der Waals surface area contributed by atoms with Crippen LogP contribution in [-0.2, 0) is 6.54 Å². The van der Waals surface area contributed by atoms with E-state index in [1.807, 2.05) is 7.05 Å². The van der Waals surface area contributed by atoms with Crippen molar-refractivity contribution in [2.24, 2.45) is 10.9 Å². The molecule has 0 amide bonds. The molecule has 2 unspecified atom stereocenters. The van der Waals surface area contributed by atoms with Crippen LogP contribution in [0.3, 0.4) is 0 Å². The first-order chi connectivity index (χ1) is 13.3. The predicted molar refractivity (Wildman–Crippen MR) is 114 cm³/mol. The molecular formula is C22H37N5. The summed E-state index contributed by atoms with van der Waals surface area (Å²) in [5.74, 6) is 1.70. The van der Waals surface area contributed by atoms with Gasteiger partial charge in [0.25, 0.3) is 0 Å². The van der Waals surface area contributed by atoms with Crippen molar-refractivity contribution >= 4 is 5.96 Å². The Labute approximate surface area is 165 Å². The molecule has 2 N–H and O–H groups in total. The molecule has 2 atom stereocenters. The molecule has 0 spiro atoms. The van der Waals surface area contributed by atoms with E-state index in [9.17, 15) is 0 Å². The van der Waals surface area contributed by atoms with Crippen molar-refractivity contribution in [3.63, 3.8) is 0 Å². The zero-order valence-corrected chi connectivity index (χ0v) is 17.2. The minimum Gasteiger partial charge on any atom is -0.356 e. The molecule has 2 heterocycles. The van der Waals surface area contributed by atoms with Gasteiger partial charge in [-0.3, -0.25) is 9.89 Å². The lowest BCUT2D eigenvalue weighted by atomic mass is 10.1. The number of aliphatic imine (C=N–C) groups is 1. The van der Waals surface area contributed by atoms with Crippen LogP contribution in [0.25, 0.3) is 0 Å². The Bertz CT molecular complexity index is 573. The fourth-order valence-electron chi connectivity index (χ4n) is 4.43. The number of guanidine groups is 1. The van der Waals surface area contributed by atoms with Crippen LogP contribution in [0.4, 0.5) is 0 Å². The lowest BCUT2D eigenvalue weighted by Crippen LogP contribution is -2.45. The maximum absolute atomic E-state index is 4.44. The summed E-state index contributed by atoms with van der Waals surface area (Å²) >= 11 is 0. The topological polar surface area (TPSA) is 42.9 Å². The standard InChI is InChI=1S/C22H37N5/c1-3-12-26-14-11-20(17-26)15-24-22(23-2)25-16-21-10-7-13-27(21)18-19-8-5-4-6-9-19/h4-6,8-9,20-21H,3,7,10-18H2,1-2H3,(H2,23,24,25). The van der Waals surface area contributed by atoms with Crippen molar-refractivity contribution in [2.45, 2.75) is 45.2 Å². The zero-order valence-electron chi connectivity index (χ0n) is 17.2. The van der Waals surface area contributed by atoms with Gasteiger partial charge in [0.2, 0.25) is 0 Å². The molecule has 2 aliphatic rings. The van der Waals surface area contributed by atoms with Gasteiger partial charge in [-0.1, -0.05) is 37.3 Å². The van der Waals surface area contributed by atoms with E-state index in [-0.39, 0.29) is 0 Å². The van der Waals surface area contributed by atoms with Gasteiger partial charge in [0, 0.05) is 39.3 Å². The highest BCUT2D eigenvalue weighted by Gasteiger charge is 2.25. The molecule has 2 aliphatic heterocycles. The van der Waals surface area contributed by atoms with Crippen molar-refractivity contribution in [1.29, 1.82) is 0 Å². The molecule has 0 bridgehead atoms. The van der Waals surface area contributed by atoms with Gasteiger partial charge in [-0.15, -0.1) is 0 Å². The second kappa shape index (κ2) is 10.7. The Kier molecular flexibility index (Phi) is 7.96. The summed E-state index contributed by atoms with van der Waals surface area (Å²) < 4.78 is 0. The monoisotopic (exact) mass is 371 g/mol. The van der Waals surface area contributed by atoms with E-state index in [1.54, 1.807) is 0 Å². The first-order valence-corrected chi connectivity index (χ1v) is 10.7. The smallest absolute Gasteiger partial charge is 0.191 e. The summed E-state index contributed by atoms with van der Waals surface area (Å²) in [6.07, 6.45) is 5.12. The highest BCUT2D eigenvalue weighted by Crippen LogP contribution is 2.19. The average Bonchev–Trinajstić information content (AvgIpc) is 3.33. The molecule has 5 nitrogen and oxygen atoms in total. The number of hydrogen-bond acceptors (Lipinski definition) is 3. The lowest BCUT2D eigenvalue weighted by molar-refractivity contribution is 0.245. The third-order valence-electron chi connectivity index (χ3n) is 5.92. The molecule has 150 valence electrons. The van der Waals surface area contributed by atoms with E-state index >= 15 is 0 Å². The number of nitrogens with zero attached hydrogens (tertiary/aromatic N) is 3. The van der Waals surface area contributed by atoms with E-state index in [2.05, 4.69) is 62.7 Å². The van der Waals surface area contributed by atoms with E-state index in [0.717, 1.165) is 31.5 Å². The molecule has 0 saturated carbocycles. The summed E-state index contributed by atoms with van der Waals surface area (Å²) in [5, 5.41) is 7.13. The van der Waals surface area contributed by atoms with Crippen LogP contribution < -0.4 is 10.6 Å². The first-order valence-electron chi connectivity index (χ1n) is 10.7. The summed E-state index contributed by atoms with van der Waals surface area (Å²) in [5.41, 5.74) is 1.41. The Morgan fingerprint density at radius 1 is 1.11 bits per heavy atom. The minimum absolute atomic E-state index is 0.593. The second-order valence-corrected chi connectivity index (χ2v) is 8.04. The van der Waals surface area contributed by atoms with Gasteiger partial charge < -0.3 is 15.5 Å². The van der Waals surface area contributed by atoms with Crippen molar-refractivity contribution in [3.8, 4) is 0 Å². The molecule has 3 rings (SSSR count). The van der Waals surface area contributed by atoms with Gasteiger partial charge in [0.1, 0.15) is 0 Å². The number of hydrogen-bond donors (Lipinski definition) is 2. The Morgan fingerprint density at radius 3 is 2.70 bits per heavy atom. The normalized spacial score (nSPS) is 24.4. The van der Waals surface area contributed by atoms with Crippen molar-refractivity contribution in [1.82, 2.24) is 20.4 Å². The van der Waals surface area contributed by atoms with Crippen LogP contribution in [-0.4, -0.2) is 68.1 Å². The largest absolute Gasteiger partial charge is 0.356 e. The number of rotatable bonds is 8. The zero-order chi connectivity index (χ0) is 18.9. The fourth-order valence-corrected chi connectivity index (χ4v) is 4.43. The van der Waals surface area contributed by atoms with Crippen LogP contribution in [0.1, 0.15) is 38.2 Å². The molecule has 2 fully saturated rings. The van der Waals surface area contributed by atoms with Gasteiger partial charge >= 0.3 is 0 Å². The third-order valence-corrected chi connectivity index (χ3v) is 5.92. The lowest BCUT2D eigenvalue weighted by Gasteiger charge is -2.26. The minimum atomic E-state index is 0.593. The Morgan fingerprint density at radius 2 is 1.93 bits per heavy atom. The van der Waals surface area contributed by atoms with Crippen LogP contribution in [0, 0.1) is 5.92 Å². The Hall–Kier alpha value is -1.59. The first kappa shape index (κ1) is 20.2. The van der Waals surface area contributed by atoms with Crippen molar-refractivity contribution in [2.75, 3.05) is 46.3 Å². The molecular weight excluding hydrogens is 334 g/mol. The van der Waals surface area contributed by atoms with E-state index in [0.29, 0.717) is 6.04 Å².